The van der Waals surface area contributed by atoms with E-state index < -0.39 is 0 Å². The summed E-state index contributed by atoms with van der Waals surface area (Å²) in [6.07, 6.45) is 4.32. The number of aromatic hydroxyl groups is 1. The highest BCUT2D eigenvalue weighted by atomic mass is 16.3. The molecule has 1 atom stereocenters. The molecular formula is C20H20N4O2. The zero-order chi connectivity index (χ0) is 17.9. The molecule has 0 fully saturated rings. The quantitative estimate of drug-likeness (QED) is 0.763. The second kappa shape index (κ2) is 7.00. The summed E-state index contributed by atoms with van der Waals surface area (Å²) >= 11 is 0. The summed E-state index contributed by atoms with van der Waals surface area (Å²) < 4.78 is 2.05. The average molecular weight is 348 g/mol. The number of fused-ring (bicyclic) bond motifs is 1. The number of phenolic OH excluding ortho intramolecular Hbond substituents is 1. The van der Waals surface area contributed by atoms with Crippen molar-refractivity contribution in [1.82, 2.24) is 20.1 Å². The van der Waals surface area contributed by atoms with Crippen molar-refractivity contribution in [1.29, 1.82) is 0 Å². The number of aryl methyl sites for hydroxylation is 2. The Hall–Kier alpha value is -3.15. The molecule has 0 spiro atoms. The Labute approximate surface area is 151 Å². The van der Waals surface area contributed by atoms with Gasteiger partial charge in [0.25, 0.3) is 5.91 Å². The molecule has 1 amide bonds. The van der Waals surface area contributed by atoms with Gasteiger partial charge in [-0.05, 0) is 48.2 Å². The molecule has 1 aromatic heterocycles. The Morgan fingerprint density at radius 1 is 1.04 bits per heavy atom. The van der Waals surface area contributed by atoms with Crippen LogP contribution in [0.2, 0.25) is 0 Å². The van der Waals surface area contributed by atoms with Gasteiger partial charge in [0.1, 0.15) is 17.9 Å². The van der Waals surface area contributed by atoms with Gasteiger partial charge in [0.05, 0.1) is 0 Å². The molecule has 26 heavy (non-hydrogen) atoms. The van der Waals surface area contributed by atoms with Gasteiger partial charge in [-0.3, -0.25) is 4.79 Å². The molecule has 132 valence electrons. The Bertz CT molecular complexity index is 878. The number of carbonyl (C=O) groups excluding carboxylic acids is 1. The predicted octanol–water partition coefficient (Wildman–Crippen LogP) is 2.79. The second-order valence-corrected chi connectivity index (χ2v) is 6.56. The molecule has 3 aromatic rings. The number of carbonyl (C=O) groups is 1. The van der Waals surface area contributed by atoms with Crippen molar-refractivity contribution in [3.8, 4) is 16.9 Å². The van der Waals surface area contributed by atoms with Crippen LogP contribution in [0.4, 0.5) is 0 Å². The highest BCUT2D eigenvalue weighted by Gasteiger charge is 2.19. The highest BCUT2D eigenvalue weighted by Crippen LogP contribution is 2.22. The third-order valence-electron chi connectivity index (χ3n) is 4.81. The van der Waals surface area contributed by atoms with E-state index in [2.05, 4.69) is 20.1 Å². The molecule has 0 radical (unpaired) electrons. The summed E-state index contributed by atoms with van der Waals surface area (Å²) in [6, 6.07) is 14.7. The lowest BCUT2D eigenvalue weighted by Gasteiger charge is -2.16. The minimum Gasteiger partial charge on any atom is -0.508 e. The normalized spacial score (nSPS) is 16.5. The van der Waals surface area contributed by atoms with Gasteiger partial charge in [-0.15, -0.1) is 10.2 Å². The predicted molar refractivity (Wildman–Crippen MR) is 97.8 cm³/mol. The van der Waals surface area contributed by atoms with Gasteiger partial charge in [0, 0.05) is 24.6 Å². The number of nitrogens with zero attached hydrogens (tertiary/aromatic N) is 3. The summed E-state index contributed by atoms with van der Waals surface area (Å²) in [5, 5.41) is 20.6. The van der Waals surface area contributed by atoms with Gasteiger partial charge in [-0.25, -0.2) is 0 Å². The number of phenols is 1. The van der Waals surface area contributed by atoms with Gasteiger partial charge in [-0.1, -0.05) is 24.3 Å². The molecule has 6 heteroatoms. The van der Waals surface area contributed by atoms with Gasteiger partial charge in [0.2, 0.25) is 0 Å². The third-order valence-corrected chi connectivity index (χ3v) is 4.81. The SMILES string of the molecule is O=C(NC1CCc2nncn2CC1)c1ccc(-c2ccc(O)cc2)cc1. The Kier molecular flexibility index (Phi) is 4.39. The minimum atomic E-state index is -0.0510. The van der Waals surface area contributed by atoms with Crippen LogP contribution in [0.15, 0.2) is 54.9 Å². The fraction of sp³-hybridized carbons (Fsp3) is 0.250. The van der Waals surface area contributed by atoms with E-state index in [0.717, 1.165) is 42.8 Å². The molecule has 0 aliphatic carbocycles. The molecule has 1 aliphatic rings. The van der Waals surface area contributed by atoms with Crippen LogP contribution in [0.5, 0.6) is 5.75 Å². The average Bonchev–Trinajstić information content (AvgIpc) is 3.04. The first kappa shape index (κ1) is 16.3. The summed E-state index contributed by atoms with van der Waals surface area (Å²) in [5.74, 6) is 1.18. The molecular weight excluding hydrogens is 328 g/mol. The first-order valence-electron chi connectivity index (χ1n) is 8.76. The fourth-order valence-electron chi connectivity index (χ4n) is 3.28. The van der Waals surface area contributed by atoms with Gasteiger partial charge in [-0.2, -0.15) is 0 Å². The van der Waals surface area contributed by atoms with Crippen LogP contribution < -0.4 is 5.32 Å². The zero-order valence-corrected chi connectivity index (χ0v) is 14.3. The van der Waals surface area contributed by atoms with Crippen LogP contribution in [0, 0.1) is 0 Å². The summed E-state index contributed by atoms with van der Waals surface area (Å²) in [4.78, 5) is 12.5. The van der Waals surface area contributed by atoms with E-state index in [1.165, 1.54) is 0 Å². The number of benzene rings is 2. The van der Waals surface area contributed by atoms with Crippen molar-refractivity contribution in [2.75, 3.05) is 0 Å². The molecule has 2 heterocycles. The molecule has 2 aromatic carbocycles. The van der Waals surface area contributed by atoms with E-state index in [0.29, 0.717) is 5.56 Å². The second-order valence-electron chi connectivity index (χ2n) is 6.56. The Morgan fingerprint density at radius 3 is 2.46 bits per heavy atom. The molecule has 6 nitrogen and oxygen atoms in total. The maximum Gasteiger partial charge on any atom is 0.251 e. The lowest BCUT2D eigenvalue weighted by Crippen LogP contribution is -2.35. The van der Waals surface area contributed by atoms with E-state index in [9.17, 15) is 9.90 Å². The standard InChI is InChI=1S/C20H20N4O2/c25-18-8-5-15(6-9-18)14-1-3-16(4-2-14)20(26)22-17-7-10-19-23-21-13-24(19)12-11-17/h1-6,8-9,13,17,25H,7,10-12H2,(H,22,26). The van der Waals surface area contributed by atoms with E-state index in [1.54, 1.807) is 18.5 Å². The number of rotatable bonds is 3. The first-order chi connectivity index (χ1) is 12.7. The smallest absolute Gasteiger partial charge is 0.251 e. The maximum absolute atomic E-state index is 12.5. The molecule has 0 saturated heterocycles. The first-order valence-corrected chi connectivity index (χ1v) is 8.76. The Balaban J connectivity index is 1.40. The van der Waals surface area contributed by atoms with Crippen molar-refractivity contribution >= 4 is 5.91 Å². The van der Waals surface area contributed by atoms with Crippen molar-refractivity contribution in [2.45, 2.75) is 31.8 Å². The number of aromatic nitrogens is 3. The number of amides is 1. The minimum absolute atomic E-state index is 0.0510. The summed E-state index contributed by atoms with van der Waals surface area (Å²) in [7, 11) is 0. The molecule has 1 unspecified atom stereocenters. The van der Waals surface area contributed by atoms with Gasteiger partial charge >= 0.3 is 0 Å². The van der Waals surface area contributed by atoms with E-state index in [4.69, 9.17) is 0 Å². The maximum atomic E-state index is 12.5. The molecule has 1 aliphatic heterocycles. The van der Waals surface area contributed by atoms with E-state index in [1.807, 2.05) is 36.4 Å². The fourth-order valence-corrected chi connectivity index (χ4v) is 3.28. The molecule has 0 bridgehead atoms. The van der Waals surface area contributed by atoms with Crippen LogP contribution in [0.25, 0.3) is 11.1 Å². The molecule has 4 rings (SSSR count). The highest BCUT2D eigenvalue weighted by molar-refractivity contribution is 5.94. The number of hydrogen-bond donors (Lipinski definition) is 2. The van der Waals surface area contributed by atoms with Crippen LogP contribution in [-0.4, -0.2) is 31.8 Å². The zero-order valence-electron chi connectivity index (χ0n) is 14.3. The number of nitrogens with one attached hydrogen (secondary N) is 1. The largest absolute Gasteiger partial charge is 0.508 e. The van der Waals surface area contributed by atoms with Gasteiger partial charge < -0.3 is 15.0 Å². The third kappa shape index (κ3) is 3.44. The van der Waals surface area contributed by atoms with E-state index in [-0.39, 0.29) is 17.7 Å². The van der Waals surface area contributed by atoms with Crippen molar-refractivity contribution in [3.05, 3.63) is 66.2 Å². The van der Waals surface area contributed by atoms with Crippen LogP contribution in [0.3, 0.4) is 0 Å². The summed E-state index contributed by atoms with van der Waals surface area (Å²) in [6.45, 7) is 0.826. The van der Waals surface area contributed by atoms with Crippen molar-refractivity contribution < 1.29 is 9.90 Å². The molecule has 2 N–H and O–H groups in total. The molecule has 0 saturated carbocycles. The Morgan fingerprint density at radius 2 is 1.73 bits per heavy atom. The topological polar surface area (TPSA) is 80.0 Å². The van der Waals surface area contributed by atoms with Crippen LogP contribution in [-0.2, 0) is 13.0 Å². The summed E-state index contributed by atoms with van der Waals surface area (Å²) in [5.41, 5.74) is 2.66. The van der Waals surface area contributed by atoms with Crippen LogP contribution >= 0.6 is 0 Å². The van der Waals surface area contributed by atoms with Gasteiger partial charge in [0.15, 0.2) is 0 Å². The lowest BCUT2D eigenvalue weighted by atomic mass is 10.0. The van der Waals surface area contributed by atoms with E-state index >= 15 is 0 Å². The number of hydrogen-bond acceptors (Lipinski definition) is 4. The van der Waals surface area contributed by atoms with Crippen LogP contribution in [0.1, 0.15) is 29.0 Å². The van der Waals surface area contributed by atoms with Crippen molar-refractivity contribution in [2.24, 2.45) is 0 Å². The lowest BCUT2D eigenvalue weighted by molar-refractivity contribution is 0.0933. The monoisotopic (exact) mass is 348 g/mol. The van der Waals surface area contributed by atoms with Crippen molar-refractivity contribution in [3.63, 3.8) is 0 Å².